The van der Waals surface area contributed by atoms with Gasteiger partial charge in [-0.05, 0) is 25.8 Å². The van der Waals surface area contributed by atoms with E-state index in [4.69, 9.17) is 4.74 Å². The van der Waals surface area contributed by atoms with Crippen LogP contribution in [0.25, 0.3) is 0 Å². The summed E-state index contributed by atoms with van der Waals surface area (Å²) in [6.07, 6.45) is 6.29. The zero-order chi connectivity index (χ0) is 14.3. The van der Waals surface area contributed by atoms with Gasteiger partial charge in [0.05, 0.1) is 7.11 Å². The van der Waals surface area contributed by atoms with Gasteiger partial charge < -0.3 is 10.1 Å². The molecule has 1 aliphatic heterocycles. The van der Waals surface area contributed by atoms with E-state index in [-0.39, 0.29) is 18.1 Å². The Morgan fingerprint density at radius 3 is 2.68 bits per heavy atom. The fourth-order valence-corrected chi connectivity index (χ4v) is 2.91. The minimum Gasteiger partial charge on any atom is -0.468 e. The van der Waals surface area contributed by atoms with E-state index >= 15 is 0 Å². The normalized spacial score (nSPS) is 23.1. The van der Waals surface area contributed by atoms with Crippen LogP contribution in [0.1, 0.15) is 52.9 Å². The van der Waals surface area contributed by atoms with Crippen LogP contribution in [0.15, 0.2) is 0 Å². The minimum atomic E-state index is -0.211. The van der Waals surface area contributed by atoms with Crippen molar-refractivity contribution in [3.8, 4) is 0 Å². The SMILES string of the molecule is CCC1CCCCCN1CC(NC(C)C)C(=O)OC. The van der Waals surface area contributed by atoms with Crippen LogP contribution in [0.5, 0.6) is 0 Å². The molecule has 1 aliphatic rings. The highest BCUT2D eigenvalue weighted by molar-refractivity contribution is 5.76. The first-order valence-corrected chi connectivity index (χ1v) is 7.66. The van der Waals surface area contributed by atoms with Gasteiger partial charge in [-0.25, -0.2) is 0 Å². The summed E-state index contributed by atoms with van der Waals surface area (Å²) in [5.74, 6) is -0.146. The molecule has 0 radical (unpaired) electrons. The third-order valence-electron chi connectivity index (χ3n) is 3.91. The smallest absolute Gasteiger partial charge is 0.324 e. The van der Waals surface area contributed by atoms with E-state index < -0.39 is 0 Å². The Hall–Kier alpha value is -0.610. The molecule has 1 heterocycles. The fraction of sp³-hybridized carbons (Fsp3) is 0.933. The summed E-state index contributed by atoms with van der Waals surface area (Å²) in [4.78, 5) is 14.4. The first kappa shape index (κ1) is 16.4. The van der Waals surface area contributed by atoms with Crippen molar-refractivity contribution in [2.45, 2.75) is 71.0 Å². The lowest BCUT2D eigenvalue weighted by Gasteiger charge is -2.32. The molecule has 2 unspecified atom stereocenters. The lowest BCUT2D eigenvalue weighted by Crippen LogP contribution is -2.51. The predicted octanol–water partition coefficient (Wildman–Crippen LogP) is 2.18. The summed E-state index contributed by atoms with van der Waals surface area (Å²) < 4.78 is 4.93. The average molecular weight is 270 g/mol. The summed E-state index contributed by atoms with van der Waals surface area (Å²) in [7, 11) is 1.47. The minimum absolute atomic E-state index is 0.146. The Kier molecular flexibility index (Phi) is 7.39. The van der Waals surface area contributed by atoms with Gasteiger partial charge in [0, 0.05) is 18.6 Å². The van der Waals surface area contributed by atoms with Gasteiger partial charge >= 0.3 is 5.97 Å². The Balaban J connectivity index is 2.65. The van der Waals surface area contributed by atoms with Crippen LogP contribution < -0.4 is 5.32 Å². The molecule has 2 atom stereocenters. The second-order valence-electron chi connectivity index (χ2n) is 5.80. The van der Waals surface area contributed by atoms with Crippen LogP contribution in [0, 0.1) is 0 Å². The average Bonchev–Trinajstić information content (AvgIpc) is 2.61. The summed E-state index contributed by atoms with van der Waals surface area (Å²) in [5, 5.41) is 3.33. The number of likely N-dealkylation sites (tertiary alicyclic amines) is 1. The van der Waals surface area contributed by atoms with E-state index in [1.54, 1.807) is 0 Å². The summed E-state index contributed by atoms with van der Waals surface area (Å²) in [6.45, 7) is 8.24. The van der Waals surface area contributed by atoms with Gasteiger partial charge in [0.2, 0.25) is 0 Å². The molecule has 0 aromatic carbocycles. The lowest BCUT2D eigenvalue weighted by molar-refractivity contribution is -0.144. The van der Waals surface area contributed by atoms with E-state index in [2.05, 4.69) is 31.0 Å². The van der Waals surface area contributed by atoms with E-state index in [0.29, 0.717) is 6.04 Å². The Labute approximate surface area is 117 Å². The zero-order valence-electron chi connectivity index (χ0n) is 12.9. The number of esters is 1. The molecule has 0 aromatic rings. The zero-order valence-corrected chi connectivity index (χ0v) is 12.9. The Morgan fingerprint density at radius 2 is 2.11 bits per heavy atom. The molecule has 4 nitrogen and oxygen atoms in total. The van der Waals surface area contributed by atoms with Crippen molar-refractivity contribution < 1.29 is 9.53 Å². The molecule has 0 amide bonds. The summed E-state index contributed by atoms with van der Waals surface area (Å²) >= 11 is 0. The van der Waals surface area contributed by atoms with Gasteiger partial charge in [-0.3, -0.25) is 9.69 Å². The Bertz CT molecular complexity index is 269. The maximum atomic E-state index is 11.9. The van der Waals surface area contributed by atoms with Gasteiger partial charge in [-0.2, -0.15) is 0 Å². The first-order valence-electron chi connectivity index (χ1n) is 7.66. The van der Waals surface area contributed by atoms with Crippen molar-refractivity contribution in [3.63, 3.8) is 0 Å². The second kappa shape index (κ2) is 8.54. The molecule has 0 bridgehead atoms. The number of hydrogen-bond donors (Lipinski definition) is 1. The van der Waals surface area contributed by atoms with Crippen molar-refractivity contribution in [2.24, 2.45) is 0 Å². The highest BCUT2D eigenvalue weighted by atomic mass is 16.5. The number of carbonyl (C=O) groups is 1. The molecule has 0 aliphatic carbocycles. The number of nitrogens with one attached hydrogen (secondary N) is 1. The maximum Gasteiger partial charge on any atom is 0.324 e. The van der Waals surface area contributed by atoms with Gasteiger partial charge in [-0.15, -0.1) is 0 Å². The molecule has 1 fully saturated rings. The highest BCUT2D eigenvalue weighted by Crippen LogP contribution is 2.19. The second-order valence-corrected chi connectivity index (χ2v) is 5.80. The number of rotatable bonds is 6. The first-order chi connectivity index (χ1) is 9.08. The molecule has 0 saturated carbocycles. The number of carbonyl (C=O) groups excluding carboxylic acids is 1. The third-order valence-corrected chi connectivity index (χ3v) is 3.91. The van der Waals surface area contributed by atoms with Crippen LogP contribution in [0.3, 0.4) is 0 Å². The van der Waals surface area contributed by atoms with Crippen LogP contribution >= 0.6 is 0 Å². The summed E-state index contributed by atoms with van der Waals surface area (Å²) in [6, 6.07) is 0.692. The molecule has 1 rings (SSSR count). The Morgan fingerprint density at radius 1 is 1.37 bits per heavy atom. The largest absolute Gasteiger partial charge is 0.468 e. The molecule has 19 heavy (non-hydrogen) atoms. The van der Waals surface area contributed by atoms with E-state index in [9.17, 15) is 4.79 Å². The fourth-order valence-electron chi connectivity index (χ4n) is 2.91. The molecule has 1 N–H and O–H groups in total. The molecule has 0 aromatic heterocycles. The molecular formula is C15H30N2O2. The lowest BCUT2D eigenvalue weighted by atomic mass is 10.1. The molecule has 112 valence electrons. The number of nitrogens with zero attached hydrogens (tertiary/aromatic N) is 1. The summed E-state index contributed by atoms with van der Waals surface area (Å²) in [5.41, 5.74) is 0. The number of ether oxygens (including phenoxy) is 1. The van der Waals surface area contributed by atoms with Crippen molar-refractivity contribution in [1.29, 1.82) is 0 Å². The van der Waals surface area contributed by atoms with Crippen LogP contribution in [0.4, 0.5) is 0 Å². The monoisotopic (exact) mass is 270 g/mol. The van der Waals surface area contributed by atoms with E-state index in [0.717, 1.165) is 19.5 Å². The van der Waals surface area contributed by atoms with Gasteiger partial charge in [0.15, 0.2) is 0 Å². The van der Waals surface area contributed by atoms with Crippen LogP contribution in [-0.2, 0) is 9.53 Å². The maximum absolute atomic E-state index is 11.9. The highest BCUT2D eigenvalue weighted by Gasteiger charge is 2.27. The van der Waals surface area contributed by atoms with Crippen LogP contribution in [0.2, 0.25) is 0 Å². The van der Waals surface area contributed by atoms with Crippen LogP contribution in [-0.4, -0.2) is 49.2 Å². The quantitative estimate of drug-likeness (QED) is 0.751. The molecular weight excluding hydrogens is 240 g/mol. The van der Waals surface area contributed by atoms with E-state index in [1.165, 1.54) is 32.8 Å². The standard InChI is InChI=1S/C15H30N2O2/c1-5-13-9-7-6-8-10-17(13)11-14(15(18)19-4)16-12(2)3/h12-14,16H,5-11H2,1-4H3. The molecule has 0 spiro atoms. The number of hydrogen-bond acceptors (Lipinski definition) is 4. The van der Waals surface area contributed by atoms with Gasteiger partial charge in [0.1, 0.15) is 6.04 Å². The van der Waals surface area contributed by atoms with E-state index in [1.807, 2.05) is 0 Å². The van der Waals surface area contributed by atoms with Crippen molar-refractivity contribution in [3.05, 3.63) is 0 Å². The number of methoxy groups -OCH3 is 1. The van der Waals surface area contributed by atoms with Gasteiger partial charge in [-0.1, -0.05) is 33.6 Å². The molecule has 4 heteroatoms. The third kappa shape index (κ3) is 5.49. The van der Waals surface area contributed by atoms with Crippen molar-refractivity contribution in [2.75, 3.05) is 20.2 Å². The van der Waals surface area contributed by atoms with Crippen molar-refractivity contribution in [1.82, 2.24) is 10.2 Å². The van der Waals surface area contributed by atoms with Crippen molar-refractivity contribution >= 4 is 5.97 Å². The molecule has 1 saturated heterocycles. The topological polar surface area (TPSA) is 41.6 Å². The predicted molar refractivity (Wildman–Crippen MR) is 78.2 cm³/mol. The van der Waals surface area contributed by atoms with Gasteiger partial charge in [0.25, 0.3) is 0 Å².